The van der Waals surface area contributed by atoms with Crippen molar-refractivity contribution in [3.05, 3.63) is 63.4 Å². The lowest BCUT2D eigenvalue weighted by atomic mass is 10.1. The third-order valence-corrected chi connectivity index (χ3v) is 6.39. The number of alkyl halides is 5. The number of hydrogen-bond acceptors (Lipinski definition) is 2. The average molecular weight is 517 g/mol. The summed E-state index contributed by atoms with van der Waals surface area (Å²) in [5.74, 6) is -3.75. The summed E-state index contributed by atoms with van der Waals surface area (Å²) in [4.78, 5) is 24.8. The number of amides is 1. The van der Waals surface area contributed by atoms with Gasteiger partial charge in [-0.2, -0.15) is 13.2 Å². The number of carbonyl (C=O) groups excluding carboxylic acids is 2. The van der Waals surface area contributed by atoms with Gasteiger partial charge in [0, 0.05) is 23.6 Å². The number of nitrogens with one attached hydrogen (secondary N) is 1. The monoisotopic (exact) mass is 515 g/mol. The van der Waals surface area contributed by atoms with E-state index >= 15 is 0 Å². The number of benzene rings is 2. The maximum atomic E-state index is 13.8. The molecule has 31 heavy (non-hydrogen) atoms. The fraction of sp³-hybridized carbons (Fsp3) is 0.300. The highest BCUT2D eigenvalue weighted by molar-refractivity contribution is 6.53. The topological polar surface area (TPSA) is 46.2 Å². The Balaban J connectivity index is 1.74. The van der Waals surface area contributed by atoms with Crippen molar-refractivity contribution < 1.29 is 27.2 Å². The second-order valence-corrected chi connectivity index (χ2v) is 9.28. The number of carbonyl (C=O) groups is 2. The fourth-order valence-corrected chi connectivity index (χ4v) is 4.37. The molecule has 3 rings (SSSR count). The molecule has 11 heteroatoms. The maximum Gasteiger partial charge on any atom is 0.389 e. The van der Waals surface area contributed by atoms with E-state index in [1.807, 2.05) is 0 Å². The molecule has 1 aliphatic rings. The molecule has 2 aromatic carbocycles. The van der Waals surface area contributed by atoms with Gasteiger partial charge in [-0.05, 0) is 35.9 Å². The van der Waals surface area contributed by atoms with Crippen molar-refractivity contribution in [2.75, 3.05) is 5.32 Å². The van der Waals surface area contributed by atoms with E-state index in [1.54, 1.807) is 0 Å². The van der Waals surface area contributed by atoms with Crippen LogP contribution in [0.1, 0.15) is 34.7 Å². The first kappa shape index (κ1) is 24.1. The minimum atomic E-state index is -4.49. The van der Waals surface area contributed by atoms with Crippen molar-refractivity contribution in [1.29, 1.82) is 0 Å². The molecule has 0 spiro atoms. The molecule has 2 unspecified atom stereocenters. The zero-order chi connectivity index (χ0) is 23.1. The maximum absolute atomic E-state index is 13.8. The van der Waals surface area contributed by atoms with Gasteiger partial charge in [-0.15, -0.1) is 23.2 Å². The number of hydrogen-bond donors (Lipinski definition) is 1. The summed E-state index contributed by atoms with van der Waals surface area (Å²) in [7, 11) is 0. The number of halogens is 8. The van der Waals surface area contributed by atoms with Crippen molar-refractivity contribution in [2.45, 2.75) is 29.3 Å². The van der Waals surface area contributed by atoms with Gasteiger partial charge in [0.15, 0.2) is 5.78 Å². The van der Waals surface area contributed by atoms with Gasteiger partial charge in [-0.25, -0.2) is 4.39 Å². The van der Waals surface area contributed by atoms with Crippen molar-refractivity contribution >= 4 is 63.8 Å². The molecule has 0 aliphatic heterocycles. The summed E-state index contributed by atoms with van der Waals surface area (Å²) in [5.41, 5.74) is 0.354. The van der Waals surface area contributed by atoms with Gasteiger partial charge in [-0.3, -0.25) is 9.59 Å². The number of ketones is 1. The minimum Gasteiger partial charge on any atom is -0.326 e. The van der Waals surface area contributed by atoms with E-state index in [2.05, 4.69) is 5.32 Å². The van der Waals surface area contributed by atoms with E-state index < -0.39 is 52.7 Å². The third-order valence-electron chi connectivity index (χ3n) is 4.81. The van der Waals surface area contributed by atoms with Crippen LogP contribution in [-0.2, 0) is 4.79 Å². The van der Waals surface area contributed by atoms with Crippen LogP contribution in [-0.4, -0.2) is 22.2 Å². The molecule has 0 saturated heterocycles. The summed E-state index contributed by atoms with van der Waals surface area (Å²) in [6, 6.07) is 7.81. The van der Waals surface area contributed by atoms with Crippen LogP contribution in [0.25, 0.3) is 0 Å². The SMILES string of the molecule is O=C(CCC(F)(F)F)c1cc(NC(=O)C2C(c3ccc(Cl)c(F)c3)C2(Cl)Cl)ccc1Cl. The van der Waals surface area contributed by atoms with Crippen LogP contribution >= 0.6 is 46.4 Å². The fourth-order valence-electron chi connectivity index (χ4n) is 3.20. The molecular weight excluding hydrogens is 504 g/mol. The van der Waals surface area contributed by atoms with Crippen LogP contribution in [0, 0.1) is 11.7 Å². The second-order valence-electron chi connectivity index (χ2n) is 7.03. The van der Waals surface area contributed by atoms with E-state index in [0.717, 1.165) is 6.07 Å². The molecule has 1 aliphatic carbocycles. The number of rotatable bonds is 6. The molecule has 2 atom stereocenters. The van der Waals surface area contributed by atoms with Crippen LogP contribution in [0.4, 0.5) is 23.2 Å². The Morgan fingerprint density at radius 2 is 1.68 bits per heavy atom. The number of Topliss-reactive ketones (excluding diaryl/α,β-unsaturated/α-hetero) is 1. The molecule has 0 aromatic heterocycles. The molecule has 1 N–H and O–H groups in total. The van der Waals surface area contributed by atoms with Crippen LogP contribution in [0.5, 0.6) is 0 Å². The highest BCUT2D eigenvalue weighted by Gasteiger charge is 2.67. The lowest BCUT2D eigenvalue weighted by Crippen LogP contribution is -2.17. The Morgan fingerprint density at radius 1 is 1.03 bits per heavy atom. The van der Waals surface area contributed by atoms with Gasteiger partial charge in [-0.1, -0.05) is 29.3 Å². The van der Waals surface area contributed by atoms with Gasteiger partial charge in [0.2, 0.25) is 5.91 Å². The predicted molar refractivity (Wildman–Crippen MR) is 112 cm³/mol. The van der Waals surface area contributed by atoms with E-state index in [4.69, 9.17) is 46.4 Å². The lowest BCUT2D eigenvalue weighted by molar-refractivity contribution is -0.133. The molecule has 3 nitrogen and oxygen atoms in total. The first-order valence-corrected chi connectivity index (χ1v) is 10.4. The zero-order valence-corrected chi connectivity index (χ0v) is 18.4. The molecule has 0 radical (unpaired) electrons. The zero-order valence-electron chi connectivity index (χ0n) is 15.4. The first-order chi connectivity index (χ1) is 14.3. The predicted octanol–water partition coefficient (Wildman–Crippen LogP) is 7.18. The molecule has 2 aromatic rings. The van der Waals surface area contributed by atoms with Crippen molar-refractivity contribution in [3.63, 3.8) is 0 Å². The van der Waals surface area contributed by atoms with E-state index in [1.165, 1.54) is 30.3 Å². The van der Waals surface area contributed by atoms with Gasteiger partial charge in [0.25, 0.3) is 0 Å². The summed E-state index contributed by atoms with van der Waals surface area (Å²) in [6.07, 6.45) is -6.55. The molecule has 0 heterocycles. The Labute approximate surface area is 194 Å². The molecule has 0 bridgehead atoms. The summed E-state index contributed by atoms with van der Waals surface area (Å²) < 4.78 is 49.4. The van der Waals surface area contributed by atoms with Crippen LogP contribution < -0.4 is 5.32 Å². The molecule has 166 valence electrons. The van der Waals surface area contributed by atoms with Crippen LogP contribution in [0.3, 0.4) is 0 Å². The molecule has 1 amide bonds. The third kappa shape index (κ3) is 5.45. The Morgan fingerprint density at radius 3 is 2.29 bits per heavy atom. The molecule has 1 saturated carbocycles. The van der Waals surface area contributed by atoms with Gasteiger partial charge in [0.1, 0.15) is 10.2 Å². The van der Waals surface area contributed by atoms with Crippen LogP contribution in [0.2, 0.25) is 10.0 Å². The van der Waals surface area contributed by atoms with Crippen molar-refractivity contribution in [2.24, 2.45) is 5.92 Å². The Bertz CT molecular complexity index is 1040. The molecule has 1 fully saturated rings. The Hall–Kier alpha value is -1.54. The summed E-state index contributed by atoms with van der Waals surface area (Å²) in [5, 5.41) is 2.38. The first-order valence-electron chi connectivity index (χ1n) is 8.84. The van der Waals surface area contributed by atoms with Crippen molar-refractivity contribution in [3.8, 4) is 0 Å². The van der Waals surface area contributed by atoms with E-state index in [9.17, 15) is 27.2 Å². The second kappa shape index (κ2) is 8.77. The highest BCUT2D eigenvalue weighted by atomic mass is 35.5. The Kier molecular flexibility index (Phi) is 6.82. The van der Waals surface area contributed by atoms with Gasteiger partial charge in [0.05, 0.1) is 22.4 Å². The molecular formula is C20H13Cl4F4NO2. The smallest absolute Gasteiger partial charge is 0.326 e. The minimum absolute atomic E-state index is 0.0462. The summed E-state index contributed by atoms with van der Waals surface area (Å²) in [6.45, 7) is 0. The van der Waals surface area contributed by atoms with E-state index in [-0.39, 0.29) is 21.3 Å². The highest BCUT2D eigenvalue weighted by Crippen LogP contribution is 2.65. The largest absolute Gasteiger partial charge is 0.389 e. The van der Waals surface area contributed by atoms with Crippen molar-refractivity contribution in [1.82, 2.24) is 0 Å². The van der Waals surface area contributed by atoms with Crippen LogP contribution in [0.15, 0.2) is 36.4 Å². The normalized spacial score (nSPS) is 19.7. The van der Waals surface area contributed by atoms with Gasteiger partial charge >= 0.3 is 6.18 Å². The quantitative estimate of drug-likeness (QED) is 0.251. The van der Waals surface area contributed by atoms with E-state index in [0.29, 0.717) is 5.56 Å². The lowest BCUT2D eigenvalue weighted by Gasteiger charge is -2.10. The number of anilines is 1. The van der Waals surface area contributed by atoms with Gasteiger partial charge < -0.3 is 5.32 Å². The average Bonchev–Trinajstić information content (AvgIpc) is 3.25. The summed E-state index contributed by atoms with van der Waals surface area (Å²) >= 11 is 24.0. The standard InChI is InChI=1S/C20H13Cl4F4NO2/c21-12-4-2-10(8-11(12)15(30)5-6-19(26,27)28)29-18(31)17-16(20(17,23)24)9-1-3-13(22)14(25)7-9/h1-4,7-8,16-17H,5-6H2,(H,29,31).